The molecule has 242 valence electrons. The van der Waals surface area contributed by atoms with E-state index in [1.165, 1.54) is 0 Å². The van der Waals surface area contributed by atoms with E-state index in [1.54, 1.807) is 0 Å². The molecule has 6 N–H and O–H groups in total. The Hall–Kier alpha value is -5.89. The zero-order chi connectivity index (χ0) is 33.9. The third-order valence-corrected chi connectivity index (χ3v) is 7.99. The number of hydrogen-bond acceptors (Lipinski definition) is 5. The van der Waals surface area contributed by atoms with Gasteiger partial charge in [-0.25, -0.2) is 4.79 Å². The molecule has 0 aliphatic rings. The van der Waals surface area contributed by atoms with Crippen LogP contribution in [0.1, 0.15) is 11.1 Å². The third-order valence-electron chi connectivity index (χ3n) is 7.99. The van der Waals surface area contributed by atoms with Crippen LogP contribution in [0.15, 0.2) is 146 Å². The second-order valence-corrected chi connectivity index (χ2v) is 11.0. The van der Waals surface area contributed by atoms with Gasteiger partial charge in [0.25, 0.3) is 0 Å². The molecular weight excluding hydrogens is 600 g/mol. The van der Waals surface area contributed by atoms with Gasteiger partial charge in [0.05, 0.1) is 5.69 Å². The van der Waals surface area contributed by atoms with Crippen molar-refractivity contribution in [2.24, 2.45) is 0 Å². The minimum atomic E-state index is -1.83. The molecule has 7 nitrogen and oxygen atoms in total. The predicted molar refractivity (Wildman–Crippen MR) is 194 cm³/mol. The molecule has 0 bridgehead atoms. The van der Waals surface area contributed by atoms with Gasteiger partial charge in [-0.2, -0.15) is 0 Å². The molecule has 0 saturated heterocycles. The lowest BCUT2D eigenvalue weighted by molar-refractivity contribution is 0.137. The Kier molecular flexibility index (Phi) is 11.2. The molecule has 6 aromatic rings. The number of carboxylic acid groups (broad SMARTS) is 2. The number of rotatable bonds is 10. The zero-order valence-corrected chi connectivity index (χ0v) is 26.4. The van der Waals surface area contributed by atoms with Crippen molar-refractivity contribution in [1.82, 2.24) is 0 Å². The second kappa shape index (κ2) is 16.1. The van der Waals surface area contributed by atoms with Crippen molar-refractivity contribution in [2.75, 3.05) is 23.8 Å². The Labute approximate surface area is 280 Å². The number of aliphatic hydroxyl groups excluding tert-OH is 2. The molecule has 0 heterocycles. The largest absolute Gasteiger partial charge is 0.503 e. The maximum Gasteiger partial charge on any atom is 0.503 e. The molecule has 0 radical (unpaired) electrons. The van der Waals surface area contributed by atoms with E-state index >= 15 is 0 Å². The third kappa shape index (κ3) is 7.56. The number of hydrogen-bond donors (Lipinski definition) is 5. The summed E-state index contributed by atoms with van der Waals surface area (Å²) in [5.41, 5.74) is 18.2. The number of carbonyl (C=O) groups is 1. The summed E-state index contributed by atoms with van der Waals surface area (Å²) in [6.07, 6.45) is -0.994. The van der Waals surface area contributed by atoms with Gasteiger partial charge < -0.3 is 31.1 Å². The number of nitrogens with zero attached hydrogens (tertiary/aromatic N) is 1. The van der Waals surface area contributed by atoms with Gasteiger partial charge in [-0.3, -0.25) is 0 Å². The molecule has 7 heteroatoms. The van der Waals surface area contributed by atoms with Crippen molar-refractivity contribution in [2.45, 2.75) is 12.8 Å². The highest BCUT2D eigenvalue weighted by Gasteiger charge is 2.30. The van der Waals surface area contributed by atoms with Gasteiger partial charge in [-0.1, -0.05) is 109 Å². The fraction of sp³-hybridized carbons (Fsp3) is 0.0976. The number of aliphatic hydroxyl groups is 2. The number of nitrogens with two attached hydrogens (primary N) is 1. The van der Waals surface area contributed by atoms with Gasteiger partial charge in [0.1, 0.15) is 0 Å². The van der Waals surface area contributed by atoms with Crippen LogP contribution < -0.4 is 10.6 Å². The maximum atomic E-state index is 10.6. The van der Waals surface area contributed by atoms with Crippen molar-refractivity contribution >= 4 is 28.9 Å². The van der Waals surface area contributed by atoms with E-state index in [1.807, 2.05) is 36.4 Å². The number of nitrogen functional groups attached to an aromatic ring is 1. The monoisotopic (exact) mass is 638 g/mol. The highest BCUT2D eigenvalue weighted by molar-refractivity contribution is 6.05. The highest BCUT2D eigenvalue weighted by Crippen LogP contribution is 2.53. The molecule has 0 amide bonds. The van der Waals surface area contributed by atoms with Gasteiger partial charge in [-0.15, -0.1) is 0 Å². The lowest BCUT2D eigenvalue weighted by atomic mass is 9.79. The van der Waals surface area contributed by atoms with Crippen LogP contribution in [-0.2, 0) is 12.8 Å². The van der Waals surface area contributed by atoms with E-state index in [4.69, 9.17) is 20.7 Å². The van der Waals surface area contributed by atoms with E-state index in [0.717, 1.165) is 61.6 Å². The second-order valence-electron chi connectivity index (χ2n) is 11.0. The summed E-state index contributed by atoms with van der Waals surface area (Å²) in [5.74, 6) is 0. The van der Waals surface area contributed by atoms with E-state index < -0.39 is 6.16 Å². The Balaban J connectivity index is 0.00000107. The van der Waals surface area contributed by atoms with Crippen LogP contribution in [0, 0.1) is 0 Å². The van der Waals surface area contributed by atoms with Gasteiger partial charge in [0.15, 0.2) is 0 Å². The smallest absolute Gasteiger partial charge is 0.450 e. The quantitative estimate of drug-likeness (QED) is 0.0948. The molecule has 0 aromatic heterocycles. The normalized spacial score (nSPS) is 10.5. The summed E-state index contributed by atoms with van der Waals surface area (Å²) in [6, 6.07) is 49.6. The molecule has 0 fully saturated rings. The lowest BCUT2D eigenvalue weighted by Gasteiger charge is -2.34. The summed E-state index contributed by atoms with van der Waals surface area (Å²) < 4.78 is 0. The lowest BCUT2D eigenvalue weighted by Crippen LogP contribution is -2.18. The number of para-hydroxylation sites is 2. The first-order valence-electron chi connectivity index (χ1n) is 15.7. The average Bonchev–Trinajstić information content (AvgIpc) is 3.11. The van der Waals surface area contributed by atoms with E-state index in [9.17, 15) is 10.2 Å². The Morgan fingerprint density at radius 2 is 0.875 bits per heavy atom. The fourth-order valence-corrected chi connectivity index (χ4v) is 6.16. The molecule has 0 saturated carbocycles. The van der Waals surface area contributed by atoms with Crippen LogP contribution in [0.3, 0.4) is 0 Å². The number of benzene rings is 6. The topological polar surface area (TPSA) is 127 Å². The first-order chi connectivity index (χ1) is 23.4. The van der Waals surface area contributed by atoms with Crippen LogP contribution in [0.2, 0.25) is 0 Å². The molecule has 6 rings (SSSR count). The molecule has 0 spiro atoms. The van der Waals surface area contributed by atoms with Crippen molar-refractivity contribution < 1.29 is 25.2 Å². The first-order valence-corrected chi connectivity index (χ1v) is 15.7. The van der Waals surface area contributed by atoms with E-state index in [0.29, 0.717) is 18.5 Å². The van der Waals surface area contributed by atoms with Crippen molar-refractivity contribution in [1.29, 1.82) is 0 Å². The van der Waals surface area contributed by atoms with Crippen molar-refractivity contribution in [3.05, 3.63) is 157 Å². The van der Waals surface area contributed by atoms with Gasteiger partial charge in [-0.05, 0) is 88.2 Å². The Morgan fingerprint density at radius 3 is 1.31 bits per heavy atom. The van der Waals surface area contributed by atoms with Gasteiger partial charge >= 0.3 is 6.16 Å². The van der Waals surface area contributed by atoms with E-state index in [-0.39, 0.29) is 13.2 Å². The predicted octanol–water partition coefficient (Wildman–Crippen LogP) is 9.03. The standard InChI is InChI=1S/C40H36N2O2.CH2O3/c41-32-23-21-31(22-24-32)37-35(25-27-43)36(26-28-44)40(42(33-17-9-3-10-18-33)34-19-11-4-12-20-34)39(30-15-7-2-8-16-30)38(37)29-13-5-1-6-14-29;2-1(3)4/h1-24,43-44H,25-28,41H2;(H2,2,3,4). The molecule has 48 heavy (non-hydrogen) atoms. The molecule has 0 aliphatic heterocycles. The molecule has 6 aromatic carbocycles. The highest BCUT2D eigenvalue weighted by atomic mass is 16.6. The minimum absolute atomic E-state index is 0.0323. The summed E-state index contributed by atoms with van der Waals surface area (Å²) in [4.78, 5) is 10.9. The molecule has 0 aliphatic carbocycles. The van der Waals surface area contributed by atoms with Crippen LogP contribution in [-0.4, -0.2) is 39.8 Å². The average molecular weight is 639 g/mol. The van der Waals surface area contributed by atoms with Crippen LogP contribution in [0.5, 0.6) is 0 Å². The Morgan fingerprint density at radius 1 is 0.500 bits per heavy atom. The molecule has 0 atom stereocenters. The number of anilines is 4. The SMILES string of the molecule is Nc1ccc(-c2c(CCO)c(CCO)c(N(c3ccccc3)c3ccccc3)c(-c3ccccc3)c2-c2ccccc2)cc1.O=C(O)O. The zero-order valence-electron chi connectivity index (χ0n) is 26.4. The van der Waals surface area contributed by atoms with Gasteiger partial charge in [0, 0.05) is 35.8 Å². The fourth-order valence-electron chi connectivity index (χ4n) is 6.16. The van der Waals surface area contributed by atoms with Gasteiger partial charge in [0.2, 0.25) is 0 Å². The van der Waals surface area contributed by atoms with Crippen LogP contribution in [0.4, 0.5) is 27.5 Å². The summed E-state index contributed by atoms with van der Waals surface area (Å²) in [6.45, 7) is -0.0711. The summed E-state index contributed by atoms with van der Waals surface area (Å²) >= 11 is 0. The van der Waals surface area contributed by atoms with E-state index in [2.05, 4.69) is 114 Å². The minimum Gasteiger partial charge on any atom is -0.450 e. The van der Waals surface area contributed by atoms with Crippen molar-refractivity contribution in [3.8, 4) is 33.4 Å². The molecular formula is C41H38N2O5. The van der Waals surface area contributed by atoms with Crippen molar-refractivity contribution in [3.63, 3.8) is 0 Å². The molecule has 0 unspecified atom stereocenters. The maximum absolute atomic E-state index is 10.6. The van der Waals surface area contributed by atoms with Crippen LogP contribution >= 0.6 is 0 Å². The summed E-state index contributed by atoms with van der Waals surface area (Å²) in [7, 11) is 0. The first kappa shape index (κ1) is 33.5. The Bertz CT molecular complexity index is 1870. The summed E-state index contributed by atoms with van der Waals surface area (Å²) in [5, 5.41) is 35.1. The van der Waals surface area contributed by atoms with Crippen LogP contribution in [0.25, 0.3) is 33.4 Å².